The van der Waals surface area contributed by atoms with Crippen molar-refractivity contribution in [2.75, 3.05) is 26.3 Å². The Labute approximate surface area is 95.0 Å². The average molecular weight is 217 g/mol. The Kier molecular flexibility index (Phi) is 8.03. The lowest BCUT2D eigenvalue weighted by atomic mass is 9.90. The van der Waals surface area contributed by atoms with Gasteiger partial charge in [0.2, 0.25) is 0 Å². The first-order valence-corrected chi connectivity index (χ1v) is 6.28. The highest BCUT2D eigenvalue weighted by molar-refractivity contribution is 4.64. The number of hydrogen-bond donors (Lipinski definition) is 0. The standard InChI is InChI=1S/C13H28FN/c1-5-6-10-15(12-9-14)11-7-8-13(2,3)4/h5-12H2,1-4H3. The van der Waals surface area contributed by atoms with E-state index in [1.807, 2.05) is 0 Å². The van der Waals surface area contributed by atoms with Gasteiger partial charge in [-0.05, 0) is 37.8 Å². The molecule has 15 heavy (non-hydrogen) atoms. The molecule has 0 heterocycles. The van der Waals surface area contributed by atoms with Gasteiger partial charge in [-0.25, -0.2) is 4.39 Å². The molecular weight excluding hydrogens is 189 g/mol. The number of rotatable bonds is 8. The molecule has 0 bridgehead atoms. The van der Waals surface area contributed by atoms with Crippen LogP contribution >= 0.6 is 0 Å². The van der Waals surface area contributed by atoms with Crippen molar-refractivity contribution in [3.05, 3.63) is 0 Å². The van der Waals surface area contributed by atoms with Crippen LogP contribution in [-0.4, -0.2) is 31.2 Å². The third kappa shape index (κ3) is 10.2. The zero-order valence-electron chi connectivity index (χ0n) is 11.0. The van der Waals surface area contributed by atoms with Crippen molar-refractivity contribution >= 4 is 0 Å². The van der Waals surface area contributed by atoms with Gasteiger partial charge in [-0.15, -0.1) is 0 Å². The summed E-state index contributed by atoms with van der Waals surface area (Å²) in [5, 5.41) is 0. The Morgan fingerprint density at radius 1 is 1.00 bits per heavy atom. The molecule has 0 atom stereocenters. The summed E-state index contributed by atoms with van der Waals surface area (Å²) in [4.78, 5) is 2.26. The summed E-state index contributed by atoms with van der Waals surface area (Å²) in [6, 6.07) is 0. The zero-order chi connectivity index (χ0) is 11.7. The highest BCUT2D eigenvalue weighted by Gasteiger charge is 2.11. The van der Waals surface area contributed by atoms with Crippen LogP contribution in [0.5, 0.6) is 0 Å². The first-order valence-electron chi connectivity index (χ1n) is 6.28. The van der Waals surface area contributed by atoms with Crippen LogP contribution in [0.4, 0.5) is 4.39 Å². The molecule has 0 amide bonds. The number of nitrogens with zero attached hydrogens (tertiary/aromatic N) is 1. The summed E-state index contributed by atoms with van der Waals surface area (Å²) in [5.74, 6) is 0. The molecule has 0 N–H and O–H groups in total. The van der Waals surface area contributed by atoms with Crippen LogP contribution in [0, 0.1) is 5.41 Å². The highest BCUT2D eigenvalue weighted by Crippen LogP contribution is 2.20. The van der Waals surface area contributed by atoms with Crippen molar-refractivity contribution in [2.24, 2.45) is 5.41 Å². The normalized spacial score (nSPS) is 12.4. The maximum atomic E-state index is 12.3. The van der Waals surface area contributed by atoms with Crippen LogP contribution in [0.3, 0.4) is 0 Å². The number of unbranched alkanes of at least 4 members (excludes halogenated alkanes) is 1. The Bertz CT molecular complexity index is 140. The van der Waals surface area contributed by atoms with Gasteiger partial charge in [-0.1, -0.05) is 34.1 Å². The smallest absolute Gasteiger partial charge is 0.102 e. The molecule has 92 valence electrons. The molecule has 0 aromatic heterocycles. The molecule has 0 aliphatic carbocycles. The van der Waals surface area contributed by atoms with Gasteiger partial charge in [0.15, 0.2) is 0 Å². The maximum Gasteiger partial charge on any atom is 0.102 e. The molecule has 0 rings (SSSR count). The predicted octanol–water partition coefficient (Wildman–Crippen LogP) is 3.88. The van der Waals surface area contributed by atoms with E-state index in [0.717, 1.165) is 13.1 Å². The Balaban J connectivity index is 3.65. The molecule has 0 spiro atoms. The third-order valence-corrected chi connectivity index (χ3v) is 2.63. The third-order valence-electron chi connectivity index (χ3n) is 2.63. The Hall–Kier alpha value is -0.110. The van der Waals surface area contributed by atoms with Gasteiger partial charge in [0.05, 0.1) is 0 Å². The van der Waals surface area contributed by atoms with E-state index in [1.54, 1.807) is 0 Å². The van der Waals surface area contributed by atoms with Crippen molar-refractivity contribution < 1.29 is 4.39 Å². The molecule has 2 heteroatoms. The fourth-order valence-electron chi connectivity index (χ4n) is 1.67. The van der Waals surface area contributed by atoms with Crippen molar-refractivity contribution in [2.45, 2.75) is 53.4 Å². The predicted molar refractivity (Wildman–Crippen MR) is 66.0 cm³/mol. The molecule has 0 aliphatic rings. The Morgan fingerprint density at radius 2 is 1.60 bits per heavy atom. The number of halogens is 1. The Morgan fingerprint density at radius 3 is 2.07 bits per heavy atom. The monoisotopic (exact) mass is 217 g/mol. The van der Waals surface area contributed by atoms with Crippen molar-refractivity contribution in [3.8, 4) is 0 Å². The molecule has 0 aliphatic heterocycles. The molecule has 0 fully saturated rings. The minimum absolute atomic E-state index is 0.209. The van der Waals surface area contributed by atoms with E-state index >= 15 is 0 Å². The summed E-state index contributed by atoms with van der Waals surface area (Å²) >= 11 is 0. The molecule has 0 saturated carbocycles. The van der Waals surface area contributed by atoms with Gasteiger partial charge in [0, 0.05) is 6.54 Å². The van der Waals surface area contributed by atoms with Crippen LogP contribution < -0.4 is 0 Å². The quantitative estimate of drug-likeness (QED) is 0.596. The van der Waals surface area contributed by atoms with Gasteiger partial charge < -0.3 is 4.90 Å². The molecule has 0 saturated heterocycles. The molecule has 1 nitrogen and oxygen atoms in total. The largest absolute Gasteiger partial charge is 0.301 e. The number of hydrogen-bond acceptors (Lipinski definition) is 1. The first kappa shape index (κ1) is 14.9. The van der Waals surface area contributed by atoms with E-state index in [1.165, 1.54) is 25.7 Å². The number of alkyl halides is 1. The van der Waals surface area contributed by atoms with Crippen LogP contribution in [0.1, 0.15) is 53.4 Å². The summed E-state index contributed by atoms with van der Waals surface area (Å²) in [5.41, 5.74) is 0.409. The second-order valence-electron chi connectivity index (χ2n) is 5.55. The fourth-order valence-corrected chi connectivity index (χ4v) is 1.67. The average Bonchev–Trinajstić information content (AvgIpc) is 2.12. The molecule has 0 unspecified atom stereocenters. The summed E-state index contributed by atoms with van der Waals surface area (Å²) in [7, 11) is 0. The minimum Gasteiger partial charge on any atom is -0.301 e. The summed E-state index contributed by atoms with van der Waals surface area (Å²) in [6.45, 7) is 11.5. The minimum atomic E-state index is -0.209. The zero-order valence-corrected chi connectivity index (χ0v) is 11.0. The van der Waals surface area contributed by atoms with E-state index in [2.05, 4.69) is 32.6 Å². The lowest BCUT2D eigenvalue weighted by molar-refractivity contribution is 0.226. The lowest BCUT2D eigenvalue weighted by Crippen LogP contribution is -2.28. The molecular formula is C13H28FN. The highest BCUT2D eigenvalue weighted by atomic mass is 19.1. The van der Waals surface area contributed by atoms with Gasteiger partial charge in [0.25, 0.3) is 0 Å². The summed E-state index contributed by atoms with van der Waals surface area (Å²) in [6.07, 6.45) is 4.80. The van der Waals surface area contributed by atoms with E-state index in [4.69, 9.17) is 0 Å². The molecule has 0 aromatic carbocycles. The van der Waals surface area contributed by atoms with Crippen LogP contribution in [0.25, 0.3) is 0 Å². The van der Waals surface area contributed by atoms with E-state index in [0.29, 0.717) is 12.0 Å². The SMILES string of the molecule is CCCCN(CCF)CCCC(C)(C)C. The van der Waals surface area contributed by atoms with E-state index in [9.17, 15) is 4.39 Å². The first-order chi connectivity index (χ1) is 6.99. The summed E-state index contributed by atoms with van der Waals surface area (Å²) < 4.78 is 12.3. The topological polar surface area (TPSA) is 3.24 Å². The second-order valence-corrected chi connectivity index (χ2v) is 5.55. The molecule has 0 aromatic rings. The van der Waals surface area contributed by atoms with Gasteiger partial charge in [-0.3, -0.25) is 0 Å². The van der Waals surface area contributed by atoms with E-state index in [-0.39, 0.29) is 6.67 Å². The van der Waals surface area contributed by atoms with Crippen LogP contribution in [0.2, 0.25) is 0 Å². The fraction of sp³-hybridized carbons (Fsp3) is 1.00. The van der Waals surface area contributed by atoms with Crippen LogP contribution in [-0.2, 0) is 0 Å². The second kappa shape index (κ2) is 8.09. The van der Waals surface area contributed by atoms with Crippen molar-refractivity contribution in [1.29, 1.82) is 0 Å². The van der Waals surface area contributed by atoms with Crippen molar-refractivity contribution in [1.82, 2.24) is 4.90 Å². The van der Waals surface area contributed by atoms with Gasteiger partial charge in [-0.2, -0.15) is 0 Å². The van der Waals surface area contributed by atoms with Gasteiger partial charge in [0.1, 0.15) is 6.67 Å². The van der Waals surface area contributed by atoms with Gasteiger partial charge >= 0.3 is 0 Å². The van der Waals surface area contributed by atoms with Crippen molar-refractivity contribution in [3.63, 3.8) is 0 Å². The molecule has 0 radical (unpaired) electrons. The maximum absolute atomic E-state index is 12.3. The van der Waals surface area contributed by atoms with Crippen LogP contribution in [0.15, 0.2) is 0 Å². The lowest BCUT2D eigenvalue weighted by Gasteiger charge is -2.23. The van der Waals surface area contributed by atoms with E-state index < -0.39 is 0 Å².